The summed E-state index contributed by atoms with van der Waals surface area (Å²) in [7, 11) is 3.64. The molecule has 3 aromatic rings. The topological polar surface area (TPSA) is 30.5 Å². The lowest BCUT2D eigenvalue weighted by Gasteiger charge is -2.30. The SMILES string of the molecule is C=CCC1Oc2cccc(OC)c2-c2ccc(-c3ccccc3NC)cc21. The summed E-state index contributed by atoms with van der Waals surface area (Å²) in [5.41, 5.74) is 6.78. The molecule has 0 fully saturated rings. The van der Waals surface area contributed by atoms with Crippen molar-refractivity contribution >= 4 is 5.69 Å². The molecule has 0 saturated carbocycles. The van der Waals surface area contributed by atoms with Crippen LogP contribution in [-0.2, 0) is 0 Å². The zero-order chi connectivity index (χ0) is 18.8. The Hall–Kier alpha value is -3.20. The number of nitrogens with one attached hydrogen (secondary N) is 1. The van der Waals surface area contributed by atoms with Crippen LogP contribution in [-0.4, -0.2) is 14.2 Å². The standard InChI is InChI=1S/C24H23NO2/c1-4-8-21-19-15-16(17-9-5-6-10-20(17)25-2)13-14-18(19)24-22(26-3)11-7-12-23(24)27-21/h4-7,9-15,21,25H,1,8H2,2-3H3. The lowest BCUT2D eigenvalue weighted by atomic mass is 9.88. The number of benzene rings is 3. The van der Waals surface area contributed by atoms with Crippen molar-refractivity contribution in [2.24, 2.45) is 0 Å². The third-order valence-corrected chi connectivity index (χ3v) is 5.03. The number of fused-ring (bicyclic) bond motifs is 3. The summed E-state index contributed by atoms with van der Waals surface area (Å²) in [6.07, 6.45) is 2.60. The van der Waals surface area contributed by atoms with Crippen molar-refractivity contribution in [3.63, 3.8) is 0 Å². The Morgan fingerprint density at radius 1 is 1.07 bits per heavy atom. The molecule has 3 heteroatoms. The van der Waals surface area contributed by atoms with E-state index in [1.165, 1.54) is 5.56 Å². The van der Waals surface area contributed by atoms with Crippen molar-refractivity contribution in [3.05, 3.63) is 78.9 Å². The Morgan fingerprint density at radius 2 is 1.93 bits per heavy atom. The molecule has 136 valence electrons. The number of methoxy groups -OCH3 is 1. The van der Waals surface area contributed by atoms with Gasteiger partial charge in [-0.2, -0.15) is 0 Å². The van der Waals surface area contributed by atoms with E-state index in [2.05, 4.69) is 48.3 Å². The zero-order valence-electron chi connectivity index (χ0n) is 15.7. The van der Waals surface area contributed by atoms with Crippen molar-refractivity contribution in [3.8, 4) is 33.8 Å². The lowest BCUT2D eigenvalue weighted by molar-refractivity contribution is 0.205. The van der Waals surface area contributed by atoms with E-state index in [0.29, 0.717) is 0 Å². The van der Waals surface area contributed by atoms with Gasteiger partial charge >= 0.3 is 0 Å². The summed E-state index contributed by atoms with van der Waals surface area (Å²) in [5, 5.41) is 3.28. The molecule has 1 atom stereocenters. The Bertz CT molecular complexity index is 993. The fourth-order valence-corrected chi connectivity index (χ4v) is 3.77. The van der Waals surface area contributed by atoms with Crippen LogP contribution >= 0.6 is 0 Å². The summed E-state index contributed by atoms with van der Waals surface area (Å²) in [6.45, 7) is 3.91. The van der Waals surface area contributed by atoms with Crippen LogP contribution in [0.1, 0.15) is 18.1 Å². The van der Waals surface area contributed by atoms with E-state index in [9.17, 15) is 0 Å². The van der Waals surface area contributed by atoms with E-state index in [-0.39, 0.29) is 6.10 Å². The van der Waals surface area contributed by atoms with E-state index >= 15 is 0 Å². The number of hydrogen-bond donors (Lipinski definition) is 1. The molecule has 1 aliphatic rings. The van der Waals surface area contributed by atoms with Gasteiger partial charge in [0, 0.05) is 30.3 Å². The number of rotatable bonds is 5. The van der Waals surface area contributed by atoms with E-state index in [1.54, 1.807) is 7.11 Å². The molecule has 1 heterocycles. The summed E-state index contributed by atoms with van der Waals surface area (Å²) in [6, 6.07) is 20.8. The molecule has 0 radical (unpaired) electrons. The van der Waals surface area contributed by atoms with Crippen molar-refractivity contribution in [1.82, 2.24) is 0 Å². The van der Waals surface area contributed by atoms with Gasteiger partial charge < -0.3 is 14.8 Å². The Labute approximate surface area is 160 Å². The molecule has 1 aliphatic heterocycles. The molecular weight excluding hydrogens is 334 g/mol. The van der Waals surface area contributed by atoms with Gasteiger partial charge in [-0.3, -0.25) is 0 Å². The van der Waals surface area contributed by atoms with Crippen molar-refractivity contribution in [2.45, 2.75) is 12.5 Å². The molecule has 0 spiro atoms. The minimum absolute atomic E-state index is 0.0567. The van der Waals surface area contributed by atoms with Crippen LogP contribution in [0.15, 0.2) is 73.3 Å². The second kappa shape index (κ2) is 7.20. The average molecular weight is 357 g/mol. The summed E-state index contributed by atoms with van der Waals surface area (Å²) < 4.78 is 11.9. The van der Waals surface area contributed by atoms with Gasteiger partial charge in [0.15, 0.2) is 0 Å². The second-order valence-electron chi connectivity index (χ2n) is 6.56. The van der Waals surface area contributed by atoms with E-state index in [4.69, 9.17) is 9.47 Å². The normalized spacial score (nSPS) is 14.5. The Kier molecular flexibility index (Phi) is 4.59. The van der Waals surface area contributed by atoms with Gasteiger partial charge in [-0.25, -0.2) is 0 Å². The molecule has 0 saturated heterocycles. The van der Waals surface area contributed by atoms with Gasteiger partial charge in [-0.05, 0) is 35.4 Å². The van der Waals surface area contributed by atoms with Crippen LogP contribution in [0.25, 0.3) is 22.3 Å². The summed E-state index contributed by atoms with van der Waals surface area (Å²) in [5.74, 6) is 1.69. The highest BCUT2D eigenvalue weighted by Crippen LogP contribution is 2.49. The quantitative estimate of drug-likeness (QED) is 0.561. The molecule has 3 nitrogen and oxygen atoms in total. The molecular formula is C24H23NO2. The van der Waals surface area contributed by atoms with Crippen LogP contribution in [0.2, 0.25) is 0 Å². The first-order chi connectivity index (χ1) is 13.3. The number of anilines is 1. The lowest BCUT2D eigenvalue weighted by Crippen LogP contribution is -2.14. The molecule has 0 aliphatic carbocycles. The largest absolute Gasteiger partial charge is 0.496 e. The summed E-state index contributed by atoms with van der Waals surface area (Å²) >= 11 is 0. The van der Waals surface area contributed by atoms with Crippen LogP contribution in [0.5, 0.6) is 11.5 Å². The molecule has 1 N–H and O–H groups in total. The zero-order valence-corrected chi connectivity index (χ0v) is 15.7. The molecule has 4 rings (SSSR count). The van der Waals surface area contributed by atoms with Crippen molar-refractivity contribution < 1.29 is 9.47 Å². The number of para-hydroxylation sites is 1. The smallest absolute Gasteiger partial charge is 0.131 e. The van der Waals surface area contributed by atoms with Crippen LogP contribution in [0.3, 0.4) is 0 Å². The van der Waals surface area contributed by atoms with Gasteiger partial charge in [0.1, 0.15) is 17.6 Å². The number of hydrogen-bond acceptors (Lipinski definition) is 3. The fourth-order valence-electron chi connectivity index (χ4n) is 3.77. The maximum Gasteiger partial charge on any atom is 0.131 e. The third kappa shape index (κ3) is 2.95. The monoisotopic (exact) mass is 357 g/mol. The highest BCUT2D eigenvalue weighted by Gasteiger charge is 2.28. The highest BCUT2D eigenvalue weighted by atomic mass is 16.5. The molecule has 0 bridgehead atoms. The van der Waals surface area contributed by atoms with Crippen LogP contribution in [0.4, 0.5) is 5.69 Å². The Morgan fingerprint density at radius 3 is 2.70 bits per heavy atom. The average Bonchev–Trinajstić information content (AvgIpc) is 2.73. The number of ether oxygens (including phenoxy) is 2. The van der Waals surface area contributed by atoms with Gasteiger partial charge in [0.25, 0.3) is 0 Å². The van der Waals surface area contributed by atoms with Crippen molar-refractivity contribution in [1.29, 1.82) is 0 Å². The first-order valence-electron chi connectivity index (χ1n) is 9.13. The van der Waals surface area contributed by atoms with Gasteiger partial charge in [-0.1, -0.05) is 42.5 Å². The molecule has 0 amide bonds. The highest BCUT2D eigenvalue weighted by molar-refractivity contribution is 5.85. The van der Waals surface area contributed by atoms with Crippen molar-refractivity contribution in [2.75, 3.05) is 19.5 Å². The minimum Gasteiger partial charge on any atom is -0.496 e. The van der Waals surface area contributed by atoms with E-state index in [0.717, 1.165) is 45.9 Å². The maximum atomic E-state index is 6.32. The van der Waals surface area contributed by atoms with Crippen LogP contribution < -0.4 is 14.8 Å². The first kappa shape index (κ1) is 17.2. The molecule has 1 unspecified atom stereocenters. The van der Waals surface area contributed by atoms with Crippen LogP contribution in [0, 0.1) is 0 Å². The van der Waals surface area contributed by atoms with E-state index < -0.39 is 0 Å². The Balaban J connectivity index is 1.92. The third-order valence-electron chi connectivity index (χ3n) is 5.03. The first-order valence-corrected chi connectivity index (χ1v) is 9.13. The van der Waals surface area contributed by atoms with Gasteiger partial charge in [-0.15, -0.1) is 6.58 Å². The van der Waals surface area contributed by atoms with E-state index in [1.807, 2.05) is 37.4 Å². The van der Waals surface area contributed by atoms with Gasteiger partial charge in [0.05, 0.1) is 12.7 Å². The molecule has 3 aromatic carbocycles. The summed E-state index contributed by atoms with van der Waals surface area (Å²) in [4.78, 5) is 0. The minimum atomic E-state index is -0.0567. The molecule has 27 heavy (non-hydrogen) atoms. The maximum absolute atomic E-state index is 6.32. The predicted molar refractivity (Wildman–Crippen MR) is 112 cm³/mol. The van der Waals surface area contributed by atoms with Gasteiger partial charge in [0.2, 0.25) is 0 Å². The predicted octanol–water partition coefficient (Wildman–Crippen LogP) is 6.08. The molecule has 0 aromatic heterocycles. The second-order valence-corrected chi connectivity index (χ2v) is 6.56. The fraction of sp³-hybridized carbons (Fsp3) is 0.167.